The van der Waals surface area contributed by atoms with Crippen molar-refractivity contribution in [2.75, 3.05) is 0 Å². The van der Waals surface area contributed by atoms with Gasteiger partial charge in [-0.3, -0.25) is 15.3 Å². The molecule has 0 aliphatic carbocycles. The maximum Gasteiger partial charge on any atom is 0.0839 e. The molecule has 3 heterocycles. The van der Waals surface area contributed by atoms with E-state index in [4.69, 9.17) is 0 Å². The van der Waals surface area contributed by atoms with Crippen LogP contribution < -0.4 is 0 Å². The first kappa shape index (κ1) is 10.0. The summed E-state index contributed by atoms with van der Waals surface area (Å²) in [5.41, 5.74) is 2.84. The van der Waals surface area contributed by atoms with Crippen molar-refractivity contribution in [3.05, 3.63) is 53.9 Å². The van der Waals surface area contributed by atoms with Crippen molar-refractivity contribution in [2.45, 2.75) is 5.04 Å². The minimum atomic E-state index is -0.319. The van der Waals surface area contributed by atoms with Crippen molar-refractivity contribution in [2.24, 2.45) is 0 Å². The smallest absolute Gasteiger partial charge is 0.0839 e. The molecule has 86 valence electrons. The van der Waals surface area contributed by atoms with Crippen LogP contribution in [0, 0.1) is 0 Å². The number of aromatic nitrogens is 6. The summed E-state index contributed by atoms with van der Waals surface area (Å²) < 4.78 is 0. The number of hydrogen-bond acceptors (Lipinski definition) is 3. The number of nitrogens with zero attached hydrogens (tertiary/aromatic N) is 3. The molecule has 0 aliphatic heterocycles. The van der Waals surface area contributed by atoms with Gasteiger partial charge < -0.3 is 0 Å². The average molecular weight is 244 g/mol. The molecule has 0 amide bonds. The van der Waals surface area contributed by atoms with E-state index in [1.807, 2.05) is 36.8 Å². The first-order chi connectivity index (χ1) is 8.32. The summed E-state index contributed by atoms with van der Waals surface area (Å²) in [6.07, 6.45) is 5.46. The third-order valence-corrected chi connectivity index (χ3v) is 4.58. The van der Waals surface area contributed by atoms with Gasteiger partial charge in [0.05, 0.1) is 22.1 Å². The molecule has 0 spiro atoms. The summed E-state index contributed by atoms with van der Waals surface area (Å²) in [4.78, 5) is 0. The van der Waals surface area contributed by atoms with Gasteiger partial charge in [-0.15, -0.1) is 0 Å². The minimum absolute atomic E-state index is 0.319. The SMILES string of the molecule is [SiH3]C(c1cc[nH]n1)(c1cc[nH]n1)c1cc[nH]n1. The van der Waals surface area contributed by atoms with E-state index in [9.17, 15) is 0 Å². The molecule has 0 saturated heterocycles. The number of hydrogen-bond donors (Lipinski definition) is 3. The van der Waals surface area contributed by atoms with Crippen LogP contribution in [-0.2, 0) is 5.04 Å². The van der Waals surface area contributed by atoms with Crippen LogP contribution in [-0.4, -0.2) is 40.8 Å². The second kappa shape index (κ2) is 3.70. The Bertz CT molecular complexity index is 484. The lowest BCUT2D eigenvalue weighted by atomic mass is 9.96. The first-order valence-electron chi connectivity index (χ1n) is 5.32. The molecule has 0 atom stereocenters. The van der Waals surface area contributed by atoms with Gasteiger partial charge in [-0.25, -0.2) is 0 Å². The molecule has 3 N–H and O–H groups in total. The molecule has 0 fully saturated rings. The minimum Gasteiger partial charge on any atom is -0.285 e. The fourth-order valence-electron chi connectivity index (χ4n) is 2.01. The van der Waals surface area contributed by atoms with Crippen molar-refractivity contribution < 1.29 is 0 Å². The Hall–Kier alpha value is -2.15. The highest BCUT2D eigenvalue weighted by atomic mass is 28.1. The van der Waals surface area contributed by atoms with Crippen LogP contribution >= 0.6 is 0 Å². The van der Waals surface area contributed by atoms with Gasteiger partial charge in [-0.2, -0.15) is 15.3 Å². The van der Waals surface area contributed by atoms with E-state index < -0.39 is 0 Å². The fraction of sp³-hybridized carbons (Fsp3) is 0.100. The zero-order valence-electron chi connectivity index (χ0n) is 9.31. The van der Waals surface area contributed by atoms with Crippen molar-refractivity contribution in [1.82, 2.24) is 30.6 Å². The monoisotopic (exact) mass is 244 g/mol. The van der Waals surface area contributed by atoms with Crippen LogP contribution in [0.2, 0.25) is 0 Å². The van der Waals surface area contributed by atoms with Crippen molar-refractivity contribution >= 4 is 10.2 Å². The standard InChI is InChI=1S/C10H12N6Si/c17-10(7-1-4-11-14-7,8-2-5-12-15-8)9-3-6-13-16-9/h1-6H,17H3,(H,11,14)(H,12,15)(H,13,16). The summed E-state index contributed by atoms with van der Waals surface area (Å²) in [5, 5.41) is 21.2. The maximum absolute atomic E-state index is 4.30. The van der Waals surface area contributed by atoms with Crippen LogP contribution in [0.25, 0.3) is 0 Å². The third-order valence-electron chi connectivity index (χ3n) is 3.04. The van der Waals surface area contributed by atoms with Crippen LogP contribution in [0.3, 0.4) is 0 Å². The number of rotatable bonds is 3. The van der Waals surface area contributed by atoms with Gasteiger partial charge in [0.2, 0.25) is 0 Å². The summed E-state index contributed by atoms with van der Waals surface area (Å²) in [5.74, 6) is 0. The predicted molar refractivity (Wildman–Crippen MR) is 65.6 cm³/mol. The summed E-state index contributed by atoms with van der Waals surface area (Å²) in [6.45, 7) is 0. The Morgan fingerprint density at radius 2 is 1.12 bits per heavy atom. The second-order valence-electron chi connectivity index (χ2n) is 4.00. The lowest BCUT2D eigenvalue weighted by Crippen LogP contribution is -2.31. The number of nitrogens with one attached hydrogen (secondary N) is 3. The quantitative estimate of drug-likeness (QED) is 0.544. The Morgan fingerprint density at radius 3 is 1.35 bits per heavy atom. The highest BCUT2D eigenvalue weighted by Crippen LogP contribution is 2.31. The lowest BCUT2D eigenvalue weighted by Gasteiger charge is -2.23. The molecule has 0 bridgehead atoms. The van der Waals surface area contributed by atoms with E-state index in [0.717, 1.165) is 27.3 Å². The lowest BCUT2D eigenvalue weighted by molar-refractivity contribution is 0.744. The zero-order valence-corrected chi connectivity index (χ0v) is 11.3. The second-order valence-corrected chi connectivity index (χ2v) is 5.50. The molecule has 3 aromatic rings. The molecule has 17 heavy (non-hydrogen) atoms. The highest BCUT2D eigenvalue weighted by molar-refractivity contribution is 6.19. The highest BCUT2D eigenvalue weighted by Gasteiger charge is 2.36. The molecule has 3 aromatic heterocycles. The van der Waals surface area contributed by atoms with Crippen LogP contribution in [0.4, 0.5) is 0 Å². The Kier molecular flexibility index (Phi) is 2.18. The normalized spacial score (nSPS) is 12.0. The fourth-order valence-corrected chi connectivity index (χ4v) is 2.85. The van der Waals surface area contributed by atoms with Crippen LogP contribution in [0.15, 0.2) is 36.8 Å². The molecule has 6 nitrogen and oxygen atoms in total. The van der Waals surface area contributed by atoms with E-state index >= 15 is 0 Å². The number of H-pyrrole nitrogens is 3. The first-order valence-corrected chi connectivity index (χ1v) is 6.32. The summed E-state index contributed by atoms with van der Waals surface area (Å²) in [7, 11) is 0.830. The van der Waals surface area contributed by atoms with E-state index in [2.05, 4.69) is 30.6 Å². The largest absolute Gasteiger partial charge is 0.285 e. The van der Waals surface area contributed by atoms with Gasteiger partial charge in [0.1, 0.15) is 0 Å². The number of aromatic amines is 3. The Balaban J connectivity index is 2.21. The summed E-state index contributed by atoms with van der Waals surface area (Å²) in [6, 6.07) is 5.91. The zero-order chi connectivity index (χ0) is 11.7. The maximum atomic E-state index is 4.30. The van der Waals surface area contributed by atoms with Crippen molar-refractivity contribution in [3.63, 3.8) is 0 Å². The van der Waals surface area contributed by atoms with Crippen LogP contribution in [0.1, 0.15) is 17.1 Å². The molecule has 0 aromatic carbocycles. The molecule has 0 aliphatic rings. The van der Waals surface area contributed by atoms with Gasteiger partial charge in [-0.05, 0) is 18.2 Å². The Morgan fingerprint density at radius 1 is 0.765 bits per heavy atom. The molecular weight excluding hydrogens is 232 g/mol. The third kappa shape index (κ3) is 1.43. The van der Waals surface area contributed by atoms with Gasteiger partial charge in [-0.1, -0.05) is 0 Å². The van der Waals surface area contributed by atoms with Crippen molar-refractivity contribution in [1.29, 1.82) is 0 Å². The Labute approximate surface area is 100 Å². The van der Waals surface area contributed by atoms with E-state index in [0.29, 0.717) is 0 Å². The van der Waals surface area contributed by atoms with Gasteiger partial charge in [0, 0.05) is 28.8 Å². The molecule has 0 saturated carbocycles. The molecular formula is C10H12N6Si. The van der Waals surface area contributed by atoms with Crippen molar-refractivity contribution in [3.8, 4) is 0 Å². The average Bonchev–Trinajstić information content (AvgIpc) is 3.10. The van der Waals surface area contributed by atoms with Crippen LogP contribution in [0.5, 0.6) is 0 Å². The van der Waals surface area contributed by atoms with E-state index in [1.54, 1.807) is 0 Å². The van der Waals surface area contributed by atoms with Gasteiger partial charge in [0.25, 0.3) is 0 Å². The predicted octanol–water partition coefficient (Wildman–Crippen LogP) is -0.487. The molecule has 0 unspecified atom stereocenters. The van der Waals surface area contributed by atoms with Gasteiger partial charge >= 0.3 is 0 Å². The molecule has 7 heteroatoms. The van der Waals surface area contributed by atoms with E-state index in [1.165, 1.54) is 0 Å². The molecule has 3 rings (SSSR count). The topological polar surface area (TPSA) is 86.0 Å². The molecule has 0 radical (unpaired) electrons. The summed E-state index contributed by atoms with van der Waals surface area (Å²) >= 11 is 0. The van der Waals surface area contributed by atoms with E-state index in [-0.39, 0.29) is 5.04 Å². The van der Waals surface area contributed by atoms with Gasteiger partial charge in [0.15, 0.2) is 0 Å².